The molecule has 0 amide bonds. The van der Waals surface area contributed by atoms with Crippen molar-refractivity contribution in [2.24, 2.45) is 0 Å². The van der Waals surface area contributed by atoms with E-state index in [1.54, 1.807) is 0 Å². The minimum absolute atomic E-state index is 0.0341. The molecule has 0 radical (unpaired) electrons. The normalized spacial score (nSPS) is 16.2. The standard InChI is InChI=1S/C16H27NO2/c1-6-12(4)17-13(5)16(18)14-7-9-15(10-8-14)19-11(2)3/h7-13,16-18H,6H2,1-5H3. The van der Waals surface area contributed by atoms with Gasteiger partial charge in [-0.25, -0.2) is 0 Å². The molecule has 0 aliphatic carbocycles. The van der Waals surface area contributed by atoms with Crippen molar-refractivity contribution in [3.8, 4) is 5.75 Å². The van der Waals surface area contributed by atoms with Crippen molar-refractivity contribution < 1.29 is 9.84 Å². The SMILES string of the molecule is CCC(C)NC(C)C(O)c1ccc(OC(C)C)cc1. The first-order valence-electron chi connectivity index (χ1n) is 7.14. The van der Waals surface area contributed by atoms with Crippen LogP contribution in [0.4, 0.5) is 0 Å². The second-order valence-electron chi connectivity index (χ2n) is 5.45. The number of aliphatic hydroxyl groups is 1. The Morgan fingerprint density at radius 3 is 2.16 bits per heavy atom. The summed E-state index contributed by atoms with van der Waals surface area (Å²) in [7, 11) is 0. The highest BCUT2D eigenvalue weighted by molar-refractivity contribution is 5.29. The van der Waals surface area contributed by atoms with Gasteiger partial charge in [0, 0.05) is 12.1 Å². The van der Waals surface area contributed by atoms with Crippen LogP contribution in [-0.2, 0) is 0 Å². The fourth-order valence-electron chi connectivity index (χ4n) is 1.96. The molecular weight excluding hydrogens is 238 g/mol. The first-order valence-corrected chi connectivity index (χ1v) is 7.14. The Hall–Kier alpha value is -1.06. The highest BCUT2D eigenvalue weighted by Gasteiger charge is 2.17. The molecule has 0 bridgehead atoms. The van der Waals surface area contributed by atoms with Gasteiger partial charge in [0.1, 0.15) is 5.75 Å². The van der Waals surface area contributed by atoms with Gasteiger partial charge in [0.15, 0.2) is 0 Å². The van der Waals surface area contributed by atoms with Crippen molar-refractivity contribution in [2.45, 2.75) is 65.3 Å². The zero-order chi connectivity index (χ0) is 14.4. The minimum Gasteiger partial charge on any atom is -0.491 e. The number of rotatable bonds is 7. The van der Waals surface area contributed by atoms with E-state index < -0.39 is 6.10 Å². The average molecular weight is 265 g/mol. The molecule has 0 heterocycles. The van der Waals surface area contributed by atoms with E-state index in [-0.39, 0.29) is 12.1 Å². The summed E-state index contributed by atoms with van der Waals surface area (Å²) in [6.45, 7) is 10.3. The zero-order valence-electron chi connectivity index (χ0n) is 12.7. The van der Waals surface area contributed by atoms with E-state index in [1.165, 1.54) is 0 Å². The maximum Gasteiger partial charge on any atom is 0.119 e. The van der Waals surface area contributed by atoms with E-state index in [0.717, 1.165) is 17.7 Å². The summed E-state index contributed by atoms with van der Waals surface area (Å²) in [5.74, 6) is 0.841. The molecule has 0 aliphatic rings. The van der Waals surface area contributed by atoms with Crippen molar-refractivity contribution in [3.63, 3.8) is 0 Å². The highest BCUT2D eigenvalue weighted by Crippen LogP contribution is 2.21. The quantitative estimate of drug-likeness (QED) is 0.795. The number of aliphatic hydroxyl groups excluding tert-OH is 1. The monoisotopic (exact) mass is 265 g/mol. The third kappa shape index (κ3) is 5.21. The summed E-state index contributed by atoms with van der Waals surface area (Å²) < 4.78 is 5.59. The fraction of sp³-hybridized carbons (Fsp3) is 0.625. The molecule has 3 heteroatoms. The van der Waals surface area contributed by atoms with E-state index in [0.29, 0.717) is 6.04 Å². The molecule has 3 unspecified atom stereocenters. The largest absolute Gasteiger partial charge is 0.491 e. The molecule has 108 valence electrons. The predicted molar refractivity (Wildman–Crippen MR) is 79.5 cm³/mol. The third-order valence-electron chi connectivity index (χ3n) is 3.23. The highest BCUT2D eigenvalue weighted by atomic mass is 16.5. The number of hydrogen-bond donors (Lipinski definition) is 2. The van der Waals surface area contributed by atoms with Crippen LogP contribution >= 0.6 is 0 Å². The van der Waals surface area contributed by atoms with Gasteiger partial charge in [-0.15, -0.1) is 0 Å². The Labute approximate surface area is 117 Å². The molecule has 0 spiro atoms. The lowest BCUT2D eigenvalue weighted by atomic mass is 10.0. The van der Waals surface area contributed by atoms with E-state index in [9.17, 15) is 5.11 Å². The van der Waals surface area contributed by atoms with Crippen molar-refractivity contribution >= 4 is 0 Å². The summed E-state index contributed by atoms with van der Waals surface area (Å²) in [5.41, 5.74) is 0.916. The number of benzene rings is 1. The summed E-state index contributed by atoms with van der Waals surface area (Å²) >= 11 is 0. The van der Waals surface area contributed by atoms with Crippen LogP contribution in [0.2, 0.25) is 0 Å². The van der Waals surface area contributed by atoms with Gasteiger partial charge < -0.3 is 15.2 Å². The molecule has 3 nitrogen and oxygen atoms in total. The number of nitrogens with one attached hydrogen (secondary N) is 1. The van der Waals surface area contributed by atoms with E-state index in [4.69, 9.17) is 4.74 Å². The van der Waals surface area contributed by atoms with Gasteiger partial charge in [-0.1, -0.05) is 19.1 Å². The fourth-order valence-corrected chi connectivity index (χ4v) is 1.96. The lowest BCUT2D eigenvalue weighted by Gasteiger charge is -2.24. The summed E-state index contributed by atoms with van der Waals surface area (Å²) in [6, 6.07) is 8.12. The van der Waals surface area contributed by atoms with Gasteiger partial charge >= 0.3 is 0 Å². The van der Waals surface area contributed by atoms with Gasteiger partial charge in [0.05, 0.1) is 12.2 Å². The second kappa shape index (κ2) is 7.51. The topological polar surface area (TPSA) is 41.5 Å². The van der Waals surface area contributed by atoms with Crippen LogP contribution in [0.3, 0.4) is 0 Å². The molecule has 1 aromatic carbocycles. The van der Waals surface area contributed by atoms with Crippen LogP contribution in [-0.4, -0.2) is 23.3 Å². The lowest BCUT2D eigenvalue weighted by molar-refractivity contribution is 0.130. The maximum absolute atomic E-state index is 10.3. The first-order chi connectivity index (χ1) is 8.93. The van der Waals surface area contributed by atoms with Crippen LogP contribution in [0.5, 0.6) is 5.75 Å². The molecule has 0 aliphatic heterocycles. The van der Waals surface area contributed by atoms with Crippen LogP contribution in [0.1, 0.15) is 52.7 Å². The third-order valence-corrected chi connectivity index (χ3v) is 3.23. The average Bonchev–Trinajstić information content (AvgIpc) is 2.37. The molecule has 19 heavy (non-hydrogen) atoms. The van der Waals surface area contributed by atoms with Gasteiger partial charge in [0.25, 0.3) is 0 Å². The van der Waals surface area contributed by atoms with E-state index in [1.807, 2.05) is 45.0 Å². The molecule has 0 aromatic heterocycles. The van der Waals surface area contributed by atoms with Crippen LogP contribution in [0.15, 0.2) is 24.3 Å². The van der Waals surface area contributed by atoms with Crippen molar-refractivity contribution in [2.75, 3.05) is 0 Å². The lowest BCUT2D eigenvalue weighted by Crippen LogP contribution is -2.38. The van der Waals surface area contributed by atoms with Gasteiger partial charge in [-0.3, -0.25) is 0 Å². The summed E-state index contributed by atoms with van der Waals surface area (Å²) in [5, 5.41) is 13.7. The first kappa shape index (κ1) is 16.0. The summed E-state index contributed by atoms with van der Waals surface area (Å²) in [6.07, 6.45) is 0.724. The number of ether oxygens (including phenoxy) is 1. The molecule has 2 N–H and O–H groups in total. The molecule has 1 rings (SSSR count). The van der Waals surface area contributed by atoms with Crippen LogP contribution in [0, 0.1) is 0 Å². The molecule has 0 fully saturated rings. The van der Waals surface area contributed by atoms with E-state index >= 15 is 0 Å². The molecular formula is C16H27NO2. The van der Waals surface area contributed by atoms with Gasteiger partial charge in [-0.05, 0) is 51.8 Å². The van der Waals surface area contributed by atoms with Crippen molar-refractivity contribution in [1.29, 1.82) is 0 Å². The zero-order valence-corrected chi connectivity index (χ0v) is 12.7. The molecule has 0 saturated carbocycles. The minimum atomic E-state index is -0.498. The molecule has 3 atom stereocenters. The molecule has 1 aromatic rings. The van der Waals surface area contributed by atoms with Crippen LogP contribution in [0.25, 0.3) is 0 Å². The Bertz CT molecular complexity index is 362. The van der Waals surface area contributed by atoms with Gasteiger partial charge in [-0.2, -0.15) is 0 Å². The van der Waals surface area contributed by atoms with Crippen molar-refractivity contribution in [3.05, 3.63) is 29.8 Å². The predicted octanol–water partition coefficient (Wildman–Crippen LogP) is 3.28. The summed E-state index contributed by atoms with van der Waals surface area (Å²) in [4.78, 5) is 0. The number of hydrogen-bond acceptors (Lipinski definition) is 3. The smallest absolute Gasteiger partial charge is 0.119 e. The Balaban J connectivity index is 2.64. The molecule has 0 saturated heterocycles. The van der Waals surface area contributed by atoms with Gasteiger partial charge in [0.2, 0.25) is 0 Å². The van der Waals surface area contributed by atoms with Crippen LogP contribution < -0.4 is 10.1 Å². The maximum atomic E-state index is 10.3. The second-order valence-corrected chi connectivity index (χ2v) is 5.45. The Kier molecular flexibility index (Phi) is 6.32. The Morgan fingerprint density at radius 2 is 1.68 bits per heavy atom. The van der Waals surface area contributed by atoms with Crippen molar-refractivity contribution in [1.82, 2.24) is 5.32 Å². The Morgan fingerprint density at radius 1 is 1.11 bits per heavy atom. The van der Waals surface area contributed by atoms with E-state index in [2.05, 4.69) is 19.2 Å².